The van der Waals surface area contributed by atoms with Gasteiger partial charge in [0.05, 0.1) is 11.4 Å². The topological polar surface area (TPSA) is 25.8 Å². The second kappa shape index (κ2) is 15.8. The average molecular weight is 805 g/mol. The maximum absolute atomic E-state index is 5.19. The van der Waals surface area contributed by atoms with Gasteiger partial charge in [0.2, 0.25) is 0 Å². The Morgan fingerprint density at radius 2 is 0.683 bits per heavy atom. The first kappa shape index (κ1) is 38.0. The highest BCUT2D eigenvalue weighted by Crippen LogP contribution is 2.52. The smallest absolute Gasteiger partial charge is 0.160 e. The molecule has 1 aromatic heterocycles. The second-order valence-electron chi connectivity index (χ2n) is 17.0. The number of benzene rings is 9. The zero-order valence-electron chi connectivity index (χ0n) is 35.3. The van der Waals surface area contributed by atoms with Gasteiger partial charge in [-0.15, -0.1) is 0 Å². The summed E-state index contributed by atoms with van der Waals surface area (Å²) in [5.41, 5.74) is 22.0. The molecule has 1 heterocycles. The predicted octanol–water partition coefficient (Wildman–Crippen LogP) is 16.1. The van der Waals surface area contributed by atoms with Crippen molar-refractivity contribution in [2.45, 2.75) is 19.3 Å². The molecule has 63 heavy (non-hydrogen) atoms. The third kappa shape index (κ3) is 7.16. The van der Waals surface area contributed by atoms with E-state index in [-0.39, 0.29) is 5.41 Å². The van der Waals surface area contributed by atoms with Crippen LogP contribution in [0.4, 0.5) is 0 Å². The van der Waals surface area contributed by atoms with Crippen molar-refractivity contribution in [3.8, 4) is 101 Å². The van der Waals surface area contributed by atoms with Crippen molar-refractivity contribution >= 4 is 0 Å². The monoisotopic (exact) mass is 804 g/mol. The summed E-state index contributed by atoms with van der Waals surface area (Å²) in [5, 5.41) is 0. The molecule has 0 unspecified atom stereocenters. The van der Waals surface area contributed by atoms with Gasteiger partial charge in [-0.2, -0.15) is 0 Å². The summed E-state index contributed by atoms with van der Waals surface area (Å²) >= 11 is 0. The summed E-state index contributed by atoms with van der Waals surface area (Å²) in [6, 6.07) is 82.9. The molecule has 0 fully saturated rings. The highest BCUT2D eigenvalue weighted by atomic mass is 14.9. The number of rotatable bonds is 8. The van der Waals surface area contributed by atoms with Gasteiger partial charge in [0.1, 0.15) is 0 Å². The minimum absolute atomic E-state index is 0.124. The summed E-state index contributed by atoms with van der Waals surface area (Å²) in [5.74, 6) is 0.702. The van der Waals surface area contributed by atoms with Gasteiger partial charge in [0.25, 0.3) is 0 Å². The summed E-state index contributed by atoms with van der Waals surface area (Å²) in [4.78, 5) is 10.3. The molecule has 10 aromatic rings. The van der Waals surface area contributed by atoms with E-state index in [1.54, 1.807) is 0 Å². The summed E-state index contributed by atoms with van der Waals surface area (Å²) in [6.07, 6.45) is 0. The van der Waals surface area contributed by atoms with Crippen LogP contribution in [-0.4, -0.2) is 9.97 Å². The Kier molecular flexibility index (Phi) is 9.55. The molecule has 0 aliphatic heterocycles. The molecule has 0 amide bonds. The van der Waals surface area contributed by atoms with Crippen LogP contribution < -0.4 is 0 Å². The Bertz CT molecular complexity index is 3260. The molecule has 1 aliphatic carbocycles. The lowest BCUT2D eigenvalue weighted by molar-refractivity contribution is 0.660. The van der Waals surface area contributed by atoms with E-state index < -0.39 is 0 Å². The van der Waals surface area contributed by atoms with E-state index in [2.05, 4.69) is 220 Å². The first-order valence-corrected chi connectivity index (χ1v) is 21.7. The predicted molar refractivity (Wildman–Crippen MR) is 263 cm³/mol. The van der Waals surface area contributed by atoms with Crippen LogP contribution in [0.3, 0.4) is 0 Å². The average Bonchev–Trinajstić information content (AvgIpc) is 3.59. The molecule has 0 atom stereocenters. The number of fused-ring (bicyclic) bond motifs is 3. The SMILES string of the molecule is CC1(C)c2ccccc2-c2cc(-c3ccc(-c4ccccc4)cc3)c(-c3cccc(-c4cccc(-c5cc(-c6ccc(-c7ccccc7)cc6)nc(-c6ccccc6)n5)c4)c3)cc21. The molecule has 298 valence electrons. The zero-order valence-corrected chi connectivity index (χ0v) is 35.3. The van der Waals surface area contributed by atoms with Crippen LogP contribution in [0, 0.1) is 0 Å². The number of hydrogen-bond donors (Lipinski definition) is 0. The van der Waals surface area contributed by atoms with Crippen LogP contribution in [0.1, 0.15) is 25.0 Å². The molecular weight excluding hydrogens is 761 g/mol. The van der Waals surface area contributed by atoms with Crippen LogP contribution in [0.25, 0.3) is 101 Å². The van der Waals surface area contributed by atoms with E-state index in [1.165, 1.54) is 66.8 Å². The summed E-state index contributed by atoms with van der Waals surface area (Å²) in [6.45, 7) is 4.72. The van der Waals surface area contributed by atoms with Gasteiger partial charge in [-0.3, -0.25) is 0 Å². The lowest BCUT2D eigenvalue weighted by Crippen LogP contribution is -2.15. The van der Waals surface area contributed by atoms with Gasteiger partial charge in [-0.05, 0) is 108 Å². The Labute approximate surface area is 369 Å². The first-order chi connectivity index (χ1) is 31.0. The minimum atomic E-state index is -0.124. The van der Waals surface area contributed by atoms with Crippen molar-refractivity contribution in [2.24, 2.45) is 0 Å². The van der Waals surface area contributed by atoms with E-state index in [0.717, 1.165) is 39.2 Å². The number of aromatic nitrogens is 2. The highest BCUT2D eigenvalue weighted by molar-refractivity contribution is 5.94. The largest absolute Gasteiger partial charge is 0.228 e. The van der Waals surface area contributed by atoms with Gasteiger partial charge in [-0.25, -0.2) is 9.97 Å². The molecule has 0 saturated carbocycles. The summed E-state index contributed by atoms with van der Waals surface area (Å²) < 4.78 is 0. The van der Waals surface area contributed by atoms with Gasteiger partial charge in [0, 0.05) is 22.1 Å². The summed E-state index contributed by atoms with van der Waals surface area (Å²) in [7, 11) is 0. The molecule has 11 rings (SSSR count). The molecule has 2 nitrogen and oxygen atoms in total. The minimum Gasteiger partial charge on any atom is -0.228 e. The molecule has 0 spiro atoms. The van der Waals surface area contributed by atoms with Crippen LogP contribution in [0.5, 0.6) is 0 Å². The quantitative estimate of drug-likeness (QED) is 0.153. The Balaban J connectivity index is 1.00. The fraction of sp³-hybridized carbons (Fsp3) is 0.0492. The Hall–Kier alpha value is -7.94. The van der Waals surface area contributed by atoms with Crippen molar-refractivity contribution in [3.63, 3.8) is 0 Å². The third-order valence-electron chi connectivity index (χ3n) is 12.7. The molecule has 2 heteroatoms. The van der Waals surface area contributed by atoms with Crippen molar-refractivity contribution in [3.05, 3.63) is 242 Å². The highest BCUT2D eigenvalue weighted by Gasteiger charge is 2.36. The molecular formula is C61H44N2. The van der Waals surface area contributed by atoms with Crippen molar-refractivity contribution in [1.29, 1.82) is 0 Å². The van der Waals surface area contributed by atoms with E-state index in [0.29, 0.717) is 5.82 Å². The standard InChI is InChI=1S/C61H44N2/c1-61(2)56-27-13-12-26-52(56)55-38-53(45-32-28-43(29-33-45)41-16-6-3-7-17-41)54(39-57(55)61)50-24-14-22-48(36-50)49-23-15-25-51(37-49)59-40-58(62-60(63-59)47-20-10-5-11-21-47)46-34-30-44(31-35-46)42-18-8-4-9-19-42/h3-40H,1-2H3. The zero-order chi connectivity index (χ0) is 42.3. The lowest BCUT2D eigenvalue weighted by Gasteiger charge is -2.23. The molecule has 0 N–H and O–H groups in total. The van der Waals surface area contributed by atoms with Gasteiger partial charge >= 0.3 is 0 Å². The molecule has 1 aliphatic rings. The Morgan fingerprint density at radius 1 is 0.254 bits per heavy atom. The number of nitrogens with zero attached hydrogens (tertiary/aromatic N) is 2. The molecule has 0 radical (unpaired) electrons. The van der Waals surface area contributed by atoms with E-state index in [9.17, 15) is 0 Å². The van der Waals surface area contributed by atoms with Crippen LogP contribution >= 0.6 is 0 Å². The normalized spacial score (nSPS) is 12.4. The second-order valence-corrected chi connectivity index (χ2v) is 17.0. The third-order valence-corrected chi connectivity index (χ3v) is 12.7. The van der Waals surface area contributed by atoms with Gasteiger partial charge in [-0.1, -0.05) is 214 Å². The maximum Gasteiger partial charge on any atom is 0.160 e. The van der Waals surface area contributed by atoms with Crippen LogP contribution in [-0.2, 0) is 5.41 Å². The van der Waals surface area contributed by atoms with Crippen molar-refractivity contribution in [2.75, 3.05) is 0 Å². The Morgan fingerprint density at radius 3 is 1.30 bits per heavy atom. The number of hydrogen-bond acceptors (Lipinski definition) is 2. The van der Waals surface area contributed by atoms with Crippen LogP contribution in [0.15, 0.2) is 231 Å². The van der Waals surface area contributed by atoms with Gasteiger partial charge < -0.3 is 0 Å². The first-order valence-electron chi connectivity index (χ1n) is 21.7. The lowest BCUT2D eigenvalue weighted by atomic mass is 9.80. The van der Waals surface area contributed by atoms with Crippen LogP contribution in [0.2, 0.25) is 0 Å². The fourth-order valence-corrected chi connectivity index (χ4v) is 9.35. The molecule has 9 aromatic carbocycles. The van der Waals surface area contributed by atoms with Crippen molar-refractivity contribution < 1.29 is 0 Å². The van der Waals surface area contributed by atoms with E-state index >= 15 is 0 Å². The van der Waals surface area contributed by atoms with Crippen molar-refractivity contribution in [1.82, 2.24) is 9.97 Å². The van der Waals surface area contributed by atoms with E-state index in [1.807, 2.05) is 24.3 Å². The van der Waals surface area contributed by atoms with E-state index in [4.69, 9.17) is 9.97 Å². The molecule has 0 saturated heterocycles. The molecule has 0 bridgehead atoms. The maximum atomic E-state index is 5.19. The van der Waals surface area contributed by atoms with Gasteiger partial charge in [0.15, 0.2) is 5.82 Å². The fourth-order valence-electron chi connectivity index (χ4n) is 9.35.